The number of alkyl halides is 6. The monoisotopic (exact) mass is 518 g/mol. The van der Waals surface area contributed by atoms with Crippen LogP contribution in [0.3, 0.4) is 0 Å². The lowest BCUT2D eigenvalue weighted by Gasteiger charge is -2.44. The maximum Gasteiger partial charge on any atom is 0.416 e. The Hall–Kier alpha value is -2.66. The minimum atomic E-state index is -4.96. The Kier molecular flexibility index (Phi) is 8.04. The number of benzene rings is 2. The molecule has 0 aliphatic carbocycles. The summed E-state index contributed by atoms with van der Waals surface area (Å²) in [5.74, 6) is 0. The third-order valence-electron chi connectivity index (χ3n) is 6.86. The minimum absolute atomic E-state index is 0.0578. The first-order chi connectivity index (χ1) is 16.7. The summed E-state index contributed by atoms with van der Waals surface area (Å²) in [6, 6.07) is 10.4. The van der Waals surface area contributed by atoms with Gasteiger partial charge in [0.25, 0.3) is 0 Å². The van der Waals surface area contributed by atoms with E-state index in [0.29, 0.717) is 31.4 Å². The predicted molar refractivity (Wildman–Crippen MR) is 121 cm³/mol. The zero-order valence-electron chi connectivity index (χ0n) is 19.9. The summed E-state index contributed by atoms with van der Waals surface area (Å²) >= 11 is 0. The quantitative estimate of drug-likeness (QED) is 0.235. The van der Waals surface area contributed by atoms with Crippen LogP contribution in [-0.4, -0.2) is 23.6 Å². The number of hydrogen-bond acceptors (Lipinski definition) is 4. The number of ether oxygens (including phenoxy) is 1. The van der Waals surface area contributed by atoms with Crippen molar-refractivity contribution in [3.05, 3.63) is 80.9 Å². The molecular weight excluding hydrogens is 490 g/mol. The van der Waals surface area contributed by atoms with Crippen LogP contribution in [0, 0.1) is 10.1 Å². The Morgan fingerprint density at radius 3 is 2.06 bits per heavy atom. The van der Waals surface area contributed by atoms with Crippen LogP contribution in [0.4, 0.5) is 26.3 Å². The molecule has 1 saturated heterocycles. The van der Waals surface area contributed by atoms with E-state index in [1.54, 1.807) is 18.2 Å². The van der Waals surface area contributed by atoms with Crippen LogP contribution in [0.2, 0.25) is 0 Å². The van der Waals surface area contributed by atoms with Crippen molar-refractivity contribution in [3.8, 4) is 0 Å². The number of piperidine rings is 1. The molecule has 1 aliphatic rings. The molecule has 0 amide bonds. The summed E-state index contributed by atoms with van der Waals surface area (Å²) in [5.41, 5.74) is -4.36. The number of hydrogen-bond donors (Lipinski definition) is 1. The average molecular weight is 518 g/mol. The fourth-order valence-electron chi connectivity index (χ4n) is 4.67. The third-order valence-corrected chi connectivity index (χ3v) is 6.86. The molecular formula is C25H28F6N2O3. The van der Waals surface area contributed by atoms with Crippen molar-refractivity contribution in [3.63, 3.8) is 0 Å². The second kappa shape index (κ2) is 10.4. The van der Waals surface area contributed by atoms with E-state index in [9.17, 15) is 36.5 Å². The van der Waals surface area contributed by atoms with Crippen molar-refractivity contribution in [1.29, 1.82) is 0 Å². The van der Waals surface area contributed by atoms with Crippen LogP contribution >= 0.6 is 0 Å². The van der Waals surface area contributed by atoms with Gasteiger partial charge in [0.15, 0.2) is 0 Å². The summed E-state index contributed by atoms with van der Waals surface area (Å²) in [6.07, 6.45) is -9.48. The molecule has 3 rings (SSSR count). The first-order valence-corrected chi connectivity index (χ1v) is 11.6. The van der Waals surface area contributed by atoms with Crippen LogP contribution < -0.4 is 5.32 Å². The van der Waals surface area contributed by atoms with Crippen molar-refractivity contribution in [2.75, 3.05) is 13.2 Å². The van der Waals surface area contributed by atoms with E-state index < -0.39 is 40.7 Å². The van der Waals surface area contributed by atoms with Gasteiger partial charge in [0, 0.05) is 17.8 Å². The maximum atomic E-state index is 13.3. The highest BCUT2D eigenvalue weighted by Gasteiger charge is 2.50. The largest absolute Gasteiger partial charge is 0.416 e. The fraction of sp³-hybridized carbons (Fsp3) is 0.520. The van der Waals surface area contributed by atoms with Gasteiger partial charge in [-0.3, -0.25) is 15.4 Å². The van der Waals surface area contributed by atoms with Crippen molar-refractivity contribution < 1.29 is 36.0 Å². The van der Waals surface area contributed by atoms with Gasteiger partial charge in [0.1, 0.15) is 0 Å². The normalized spacial score (nSPS) is 23.9. The lowest BCUT2D eigenvalue weighted by Crippen LogP contribution is -2.60. The van der Waals surface area contributed by atoms with Crippen molar-refractivity contribution in [2.45, 2.75) is 69.1 Å². The van der Waals surface area contributed by atoms with Gasteiger partial charge in [0.05, 0.1) is 35.9 Å². The highest BCUT2D eigenvalue weighted by Crippen LogP contribution is 2.40. The van der Waals surface area contributed by atoms with E-state index in [-0.39, 0.29) is 36.1 Å². The summed E-state index contributed by atoms with van der Waals surface area (Å²) in [4.78, 5) is 11.6. The Bertz CT molecular complexity index is 1020. The summed E-state index contributed by atoms with van der Waals surface area (Å²) in [5, 5.41) is 15.1. The maximum absolute atomic E-state index is 13.3. The topological polar surface area (TPSA) is 64.4 Å². The molecule has 36 heavy (non-hydrogen) atoms. The number of nitrogens with zero attached hydrogens (tertiary/aromatic N) is 1. The Morgan fingerprint density at radius 2 is 1.61 bits per heavy atom. The van der Waals surface area contributed by atoms with Crippen LogP contribution in [0.5, 0.6) is 0 Å². The molecule has 0 aromatic heterocycles. The molecule has 1 aliphatic heterocycles. The number of nitro groups is 1. The van der Waals surface area contributed by atoms with E-state index in [2.05, 4.69) is 5.32 Å². The first kappa shape index (κ1) is 27.9. The standard InChI is InChI=1S/C25H28F6N2O3/c1-3-9-22(33(34)35)10-11-23(32-15-22,19-7-5-4-6-8-19)16-36-17(2)18-12-20(24(26,27)28)14-21(13-18)25(29,30)31/h4-8,12-14,17,32H,3,9-11,15-16H2,1-2H3/t17-,22-,23-/m1/s1. The van der Waals surface area contributed by atoms with E-state index in [1.807, 2.05) is 19.1 Å². The molecule has 0 bridgehead atoms. The van der Waals surface area contributed by atoms with E-state index in [1.165, 1.54) is 6.92 Å². The molecule has 2 aromatic carbocycles. The van der Waals surface area contributed by atoms with Crippen LogP contribution in [0.25, 0.3) is 0 Å². The zero-order valence-corrected chi connectivity index (χ0v) is 19.9. The van der Waals surface area contributed by atoms with Crippen molar-refractivity contribution in [2.24, 2.45) is 0 Å². The molecule has 198 valence electrons. The van der Waals surface area contributed by atoms with Gasteiger partial charge in [-0.15, -0.1) is 0 Å². The van der Waals surface area contributed by atoms with Gasteiger partial charge >= 0.3 is 12.4 Å². The Labute approximate surface area is 205 Å². The van der Waals surface area contributed by atoms with E-state index in [4.69, 9.17) is 4.74 Å². The molecule has 0 unspecified atom stereocenters. The molecule has 1 N–H and O–H groups in total. The predicted octanol–water partition coefficient (Wildman–Crippen LogP) is 6.90. The van der Waals surface area contributed by atoms with E-state index >= 15 is 0 Å². The fourth-order valence-corrected chi connectivity index (χ4v) is 4.67. The SMILES string of the molecule is CCC[C@@]1([N+](=O)[O-])CC[C@@](CO[C@H](C)c2cc(C(F)(F)F)cc(C(F)(F)F)c2)(c2ccccc2)NC1. The van der Waals surface area contributed by atoms with Crippen molar-refractivity contribution in [1.82, 2.24) is 5.32 Å². The zero-order chi connectivity index (χ0) is 26.8. The van der Waals surface area contributed by atoms with Gasteiger partial charge < -0.3 is 4.74 Å². The second-order valence-electron chi connectivity index (χ2n) is 9.33. The lowest BCUT2D eigenvalue weighted by atomic mass is 9.75. The van der Waals surface area contributed by atoms with Gasteiger partial charge in [-0.25, -0.2) is 0 Å². The van der Waals surface area contributed by atoms with Crippen LogP contribution in [-0.2, 0) is 22.6 Å². The van der Waals surface area contributed by atoms with Gasteiger partial charge in [-0.1, -0.05) is 37.3 Å². The lowest BCUT2D eigenvalue weighted by molar-refractivity contribution is -0.573. The Morgan fingerprint density at radius 1 is 1.03 bits per heavy atom. The number of rotatable bonds is 8. The van der Waals surface area contributed by atoms with Gasteiger partial charge in [-0.05, 0) is 49.1 Å². The van der Waals surface area contributed by atoms with Crippen molar-refractivity contribution >= 4 is 0 Å². The Balaban J connectivity index is 1.89. The summed E-state index contributed by atoms with van der Waals surface area (Å²) < 4.78 is 85.6. The molecule has 0 radical (unpaired) electrons. The highest BCUT2D eigenvalue weighted by molar-refractivity contribution is 5.35. The summed E-state index contributed by atoms with van der Waals surface area (Å²) in [7, 11) is 0. The molecule has 3 atom stereocenters. The molecule has 11 heteroatoms. The highest BCUT2D eigenvalue weighted by atomic mass is 19.4. The molecule has 1 heterocycles. The van der Waals surface area contributed by atoms with E-state index in [0.717, 1.165) is 5.56 Å². The molecule has 0 saturated carbocycles. The summed E-state index contributed by atoms with van der Waals surface area (Å²) in [6.45, 7) is 3.20. The molecule has 5 nitrogen and oxygen atoms in total. The smallest absolute Gasteiger partial charge is 0.372 e. The second-order valence-corrected chi connectivity index (χ2v) is 9.33. The molecule has 1 fully saturated rings. The first-order valence-electron chi connectivity index (χ1n) is 11.6. The minimum Gasteiger partial charge on any atom is -0.372 e. The van der Waals surface area contributed by atoms with Crippen LogP contribution in [0.1, 0.15) is 67.9 Å². The molecule has 0 spiro atoms. The number of halogens is 6. The molecule has 2 aromatic rings. The van der Waals surface area contributed by atoms with Crippen LogP contribution in [0.15, 0.2) is 48.5 Å². The van der Waals surface area contributed by atoms with Gasteiger partial charge in [0.2, 0.25) is 5.54 Å². The third kappa shape index (κ3) is 6.00. The van der Waals surface area contributed by atoms with Gasteiger partial charge in [-0.2, -0.15) is 26.3 Å². The average Bonchev–Trinajstić information content (AvgIpc) is 2.83. The number of nitrogens with one attached hydrogen (secondary N) is 1.